The molecule has 0 spiro atoms. The molecule has 0 saturated carbocycles. The summed E-state index contributed by atoms with van der Waals surface area (Å²) in [6, 6.07) is 2.45. The SMILES string of the molecule is CCOC(=O)/C=C/c1cc(-c2cc(C(F)(F)F)cc(C(F)(F)F)c2)co1. The van der Waals surface area contributed by atoms with Crippen LogP contribution in [0.4, 0.5) is 26.3 Å². The third-order valence-corrected chi connectivity index (χ3v) is 3.21. The molecule has 0 unspecified atom stereocenters. The molecule has 0 fully saturated rings. The molecule has 2 rings (SSSR count). The molecule has 0 aliphatic rings. The van der Waals surface area contributed by atoms with Crippen LogP contribution in [0, 0.1) is 0 Å². The van der Waals surface area contributed by atoms with E-state index in [1.54, 1.807) is 6.92 Å². The lowest BCUT2D eigenvalue weighted by atomic mass is 10.0. The Balaban J connectivity index is 2.41. The molecule has 140 valence electrons. The average molecular weight is 378 g/mol. The minimum atomic E-state index is -4.94. The third-order valence-electron chi connectivity index (χ3n) is 3.21. The van der Waals surface area contributed by atoms with Crippen LogP contribution in [0.1, 0.15) is 23.8 Å². The number of carbonyl (C=O) groups excluding carboxylic acids is 1. The van der Waals surface area contributed by atoms with Gasteiger partial charge in [0.1, 0.15) is 5.76 Å². The molecule has 0 atom stereocenters. The maximum Gasteiger partial charge on any atom is 0.416 e. The predicted molar refractivity (Wildman–Crippen MR) is 79.8 cm³/mol. The van der Waals surface area contributed by atoms with E-state index in [2.05, 4.69) is 4.74 Å². The highest BCUT2D eigenvalue weighted by Crippen LogP contribution is 2.38. The Hall–Kier alpha value is -2.71. The Morgan fingerprint density at radius 2 is 1.58 bits per heavy atom. The number of furan rings is 1. The highest BCUT2D eigenvalue weighted by Gasteiger charge is 2.37. The van der Waals surface area contributed by atoms with Gasteiger partial charge in [0.25, 0.3) is 0 Å². The fraction of sp³-hybridized carbons (Fsp3) is 0.235. The normalized spacial score (nSPS) is 12.6. The van der Waals surface area contributed by atoms with Crippen molar-refractivity contribution in [1.82, 2.24) is 0 Å². The molecule has 3 nitrogen and oxygen atoms in total. The lowest BCUT2D eigenvalue weighted by Crippen LogP contribution is -2.11. The monoisotopic (exact) mass is 378 g/mol. The van der Waals surface area contributed by atoms with Gasteiger partial charge in [-0.1, -0.05) is 0 Å². The molecule has 0 aliphatic heterocycles. The number of hydrogen-bond acceptors (Lipinski definition) is 3. The first-order valence-corrected chi connectivity index (χ1v) is 7.24. The van der Waals surface area contributed by atoms with Crippen molar-refractivity contribution < 1.29 is 40.3 Å². The van der Waals surface area contributed by atoms with Gasteiger partial charge >= 0.3 is 18.3 Å². The van der Waals surface area contributed by atoms with E-state index in [9.17, 15) is 31.1 Å². The van der Waals surface area contributed by atoms with Crippen LogP contribution in [0.25, 0.3) is 17.2 Å². The summed E-state index contributed by atoms with van der Waals surface area (Å²) < 4.78 is 87.0. The maximum atomic E-state index is 12.9. The number of benzene rings is 1. The van der Waals surface area contributed by atoms with Crippen LogP contribution in [-0.4, -0.2) is 12.6 Å². The average Bonchev–Trinajstić information content (AvgIpc) is 3.00. The van der Waals surface area contributed by atoms with Crippen LogP contribution in [0.2, 0.25) is 0 Å². The predicted octanol–water partition coefficient (Wildman–Crippen LogP) is 5.56. The van der Waals surface area contributed by atoms with Crippen LogP contribution in [0.5, 0.6) is 0 Å². The zero-order valence-electron chi connectivity index (χ0n) is 13.2. The molecular weight excluding hydrogens is 366 g/mol. The summed E-state index contributed by atoms with van der Waals surface area (Å²) in [5.74, 6) is -0.595. The molecule has 0 radical (unpaired) electrons. The van der Waals surface area contributed by atoms with Gasteiger partial charge in [-0.3, -0.25) is 0 Å². The Kier molecular flexibility index (Phi) is 5.48. The Bertz CT molecular complexity index is 782. The first kappa shape index (κ1) is 19.6. The van der Waals surface area contributed by atoms with Gasteiger partial charge in [-0.05, 0) is 42.8 Å². The molecule has 1 aromatic carbocycles. The summed E-state index contributed by atoms with van der Waals surface area (Å²) >= 11 is 0. The smallest absolute Gasteiger partial charge is 0.416 e. The zero-order chi connectivity index (χ0) is 19.5. The quantitative estimate of drug-likeness (QED) is 0.397. The molecule has 0 amide bonds. The summed E-state index contributed by atoms with van der Waals surface area (Å²) in [7, 11) is 0. The van der Waals surface area contributed by atoms with Gasteiger partial charge in [0.05, 0.1) is 24.0 Å². The molecule has 0 saturated heterocycles. The van der Waals surface area contributed by atoms with E-state index in [4.69, 9.17) is 4.42 Å². The molecule has 1 aromatic heterocycles. The minimum absolute atomic E-state index is 0.00473. The second-order valence-electron chi connectivity index (χ2n) is 5.12. The highest BCUT2D eigenvalue weighted by atomic mass is 19.4. The van der Waals surface area contributed by atoms with Crippen molar-refractivity contribution >= 4 is 12.0 Å². The molecule has 1 heterocycles. The van der Waals surface area contributed by atoms with Gasteiger partial charge in [0, 0.05) is 11.6 Å². The number of carbonyl (C=O) groups is 1. The summed E-state index contributed by atoms with van der Waals surface area (Å²) in [6.45, 7) is 1.75. The van der Waals surface area contributed by atoms with Gasteiger partial charge in [0.2, 0.25) is 0 Å². The fourth-order valence-corrected chi connectivity index (χ4v) is 2.05. The molecule has 26 heavy (non-hydrogen) atoms. The summed E-state index contributed by atoms with van der Waals surface area (Å²) in [6.07, 6.45) is -6.65. The molecule has 0 N–H and O–H groups in total. The number of hydrogen-bond donors (Lipinski definition) is 0. The minimum Gasteiger partial charge on any atom is -0.464 e. The van der Waals surface area contributed by atoms with Crippen LogP contribution in [0.3, 0.4) is 0 Å². The first-order chi connectivity index (χ1) is 12.0. The molecular formula is C17H12F6O3. The van der Waals surface area contributed by atoms with Crippen molar-refractivity contribution in [2.24, 2.45) is 0 Å². The van der Waals surface area contributed by atoms with E-state index in [0.29, 0.717) is 12.1 Å². The van der Waals surface area contributed by atoms with Gasteiger partial charge in [-0.25, -0.2) is 4.79 Å². The third kappa shape index (κ3) is 4.90. The van der Waals surface area contributed by atoms with E-state index in [-0.39, 0.29) is 29.6 Å². The Morgan fingerprint density at radius 1 is 1.00 bits per heavy atom. The van der Waals surface area contributed by atoms with Crippen LogP contribution < -0.4 is 0 Å². The molecule has 0 aliphatic carbocycles. The molecule has 9 heteroatoms. The lowest BCUT2D eigenvalue weighted by molar-refractivity contribution is -0.143. The number of halogens is 6. The van der Waals surface area contributed by atoms with Crippen molar-refractivity contribution in [3.63, 3.8) is 0 Å². The number of alkyl halides is 6. The van der Waals surface area contributed by atoms with Crippen LogP contribution in [-0.2, 0) is 21.9 Å². The zero-order valence-corrected chi connectivity index (χ0v) is 13.2. The van der Waals surface area contributed by atoms with E-state index in [0.717, 1.165) is 12.3 Å². The van der Waals surface area contributed by atoms with Crippen molar-refractivity contribution in [2.45, 2.75) is 19.3 Å². The van der Waals surface area contributed by atoms with Crippen molar-refractivity contribution in [3.05, 3.63) is 53.5 Å². The summed E-state index contributed by atoms with van der Waals surface area (Å²) in [5.41, 5.74) is -3.16. The van der Waals surface area contributed by atoms with Gasteiger partial charge in [0.15, 0.2) is 0 Å². The second kappa shape index (κ2) is 7.27. The van der Waals surface area contributed by atoms with Gasteiger partial charge in [-0.15, -0.1) is 0 Å². The Morgan fingerprint density at radius 3 is 2.08 bits per heavy atom. The van der Waals surface area contributed by atoms with Gasteiger partial charge < -0.3 is 9.15 Å². The summed E-state index contributed by atoms with van der Waals surface area (Å²) in [4.78, 5) is 11.2. The maximum absolute atomic E-state index is 12.9. The fourth-order valence-electron chi connectivity index (χ4n) is 2.05. The second-order valence-corrected chi connectivity index (χ2v) is 5.12. The largest absolute Gasteiger partial charge is 0.464 e. The standard InChI is InChI=1S/C17H12F6O3/c1-2-25-15(24)4-3-14-7-11(9-26-14)10-5-12(16(18,19)20)8-13(6-10)17(21,22)23/h3-9H,2H2,1H3/b4-3+. The lowest BCUT2D eigenvalue weighted by Gasteiger charge is -2.13. The molecule has 0 bridgehead atoms. The summed E-state index contributed by atoms with van der Waals surface area (Å²) in [5, 5.41) is 0. The van der Waals surface area contributed by atoms with Crippen molar-refractivity contribution in [3.8, 4) is 11.1 Å². The van der Waals surface area contributed by atoms with E-state index in [1.165, 1.54) is 12.1 Å². The first-order valence-electron chi connectivity index (χ1n) is 7.24. The number of rotatable bonds is 4. The van der Waals surface area contributed by atoms with Gasteiger partial charge in [-0.2, -0.15) is 26.3 Å². The Labute approximate surface area is 143 Å². The highest BCUT2D eigenvalue weighted by molar-refractivity contribution is 5.86. The van der Waals surface area contributed by atoms with E-state index >= 15 is 0 Å². The number of ether oxygens (including phenoxy) is 1. The van der Waals surface area contributed by atoms with Crippen LogP contribution >= 0.6 is 0 Å². The van der Waals surface area contributed by atoms with Crippen molar-refractivity contribution in [2.75, 3.05) is 6.61 Å². The van der Waals surface area contributed by atoms with Crippen LogP contribution in [0.15, 0.2) is 41.0 Å². The molecule has 2 aromatic rings. The van der Waals surface area contributed by atoms with Crippen molar-refractivity contribution in [1.29, 1.82) is 0 Å². The van der Waals surface area contributed by atoms with E-state index in [1.807, 2.05) is 0 Å². The van der Waals surface area contributed by atoms with E-state index < -0.39 is 29.4 Å². The topological polar surface area (TPSA) is 39.4 Å². The number of esters is 1.